The highest BCUT2D eigenvalue weighted by molar-refractivity contribution is 7.84. The largest absolute Gasteiger partial charge is 0.493 e. The Morgan fingerprint density at radius 1 is 1.19 bits per heavy atom. The van der Waals surface area contributed by atoms with Crippen LogP contribution in [0.4, 0.5) is 5.69 Å². The summed E-state index contributed by atoms with van der Waals surface area (Å²) in [4.78, 5) is 0.575. The zero-order chi connectivity index (χ0) is 15.0. The molecular weight excluding hydrogens is 329 g/mol. The van der Waals surface area contributed by atoms with Gasteiger partial charge >= 0.3 is 0 Å². The zero-order valence-corrected chi connectivity index (χ0v) is 13.4. The van der Waals surface area contributed by atoms with E-state index in [4.69, 9.17) is 33.7 Å². The van der Waals surface area contributed by atoms with Crippen molar-refractivity contribution in [2.24, 2.45) is 0 Å². The lowest BCUT2D eigenvalue weighted by molar-refractivity contribution is 0.354. The maximum Gasteiger partial charge on any atom is 0.126 e. The first kappa shape index (κ1) is 14.7. The monoisotopic (exact) mass is 341 g/mol. The Hall–Kier alpha value is -1.23. The first-order valence-corrected chi connectivity index (χ1v) is 8.49. The molecule has 2 aromatic carbocycles. The summed E-state index contributed by atoms with van der Waals surface area (Å²) in [5, 5.41) is 1.16. The molecule has 3 nitrogen and oxygen atoms in total. The average molecular weight is 342 g/mol. The third kappa shape index (κ3) is 3.03. The number of nitrogen functional groups attached to an aromatic ring is 1. The van der Waals surface area contributed by atoms with Crippen molar-refractivity contribution in [3.05, 3.63) is 51.5 Å². The molecule has 3 rings (SSSR count). The van der Waals surface area contributed by atoms with E-state index >= 15 is 0 Å². The summed E-state index contributed by atoms with van der Waals surface area (Å²) in [6.45, 7) is 0.637. The van der Waals surface area contributed by atoms with E-state index in [2.05, 4.69) is 0 Å². The molecule has 1 unspecified atom stereocenters. The topological polar surface area (TPSA) is 52.3 Å². The molecule has 1 heterocycles. The molecule has 0 aliphatic carbocycles. The lowest BCUT2D eigenvalue weighted by atomic mass is 10.1. The molecule has 110 valence electrons. The fourth-order valence-electron chi connectivity index (χ4n) is 2.40. The smallest absolute Gasteiger partial charge is 0.126 e. The molecular formula is C15H13Cl2NO2S. The van der Waals surface area contributed by atoms with Crippen molar-refractivity contribution in [3.63, 3.8) is 0 Å². The van der Waals surface area contributed by atoms with Gasteiger partial charge in [-0.05, 0) is 35.9 Å². The lowest BCUT2D eigenvalue weighted by Crippen LogP contribution is -2.02. The fourth-order valence-corrected chi connectivity index (χ4v) is 4.04. The van der Waals surface area contributed by atoms with E-state index in [1.807, 2.05) is 6.07 Å². The van der Waals surface area contributed by atoms with E-state index in [-0.39, 0.29) is 0 Å². The molecule has 1 aliphatic heterocycles. The second kappa shape index (κ2) is 5.87. The Labute approximate surface area is 135 Å². The van der Waals surface area contributed by atoms with Gasteiger partial charge in [-0.15, -0.1) is 0 Å². The van der Waals surface area contributed by atoms with Gasteiger partial charge < -0.3 is 10.5 Å². The minimum atomic E-state index is -1.28. The van der Waals surface area contributed by atoms with Crippen LogP contribution in [-0.4, -0.2) is 10.8 Å². The summed E-state index contributed by atoms with van der Waals surface area (Å²) in [6, 6.07) is 8.68. The Balaban J connectivity index is 1.92. The Bertz CT molecular complexity index is 734. The van der Waals surface area contributed by atoms with Crippen LogP contribution in [-0.2, 0) is 23.0 Å². The van der Waals surface area contributed by atoms with E-state index in [9.17, 15) is 4.21 Å². The van der Waals surface area contributed by atoms with Crippen LogP contribution in [0.1, 0.15) is 11.1 Å². The number of fused-ring (bicyclic) bond motifs is 1. The minimum Gasteiger partial charge on any atom is -0.493 e. The lowest BCUT2D eigenvalue weighted by Gasteiger charge is -2.10. The highest BCUT2D eigenvalue weighted by Crippen LogP contribution is 2.34. The van der Waals surface area contributed by atoms with E-state index in [1.54, 1.807) is 24.3 Å². The maximum atomic E-state index is 12.5. The average Bonchev–Trinajstić information content (AvgIpc) is 2.86. The number of ether oxygens (including phenoxy) is 1. The van der Waals surface area contributed by atoms with Gasteiger partial charge in [0.05, 0.1) is 28.1 Å². The SMILES string of the molecule is Nc1cc(Cl)ccc1S(=O)Cc1cc(Cl)cc2c1OCC2. The van der Waals surface area contributed by atoms with Crippen LogP contribution in [0.5, 0.6) is 5.75 Å². The van der Waals surface area contributed by atoms with Crippen LogP contribution in [0.3, 0.4) is 0 Å². The number of halogens is 2. The highest BCUT2D eigenvalue weighted by atomic mass is 35.5. The summed E-state index contributed by atoms with van der Waals surface area (Å²) in [5.41, 5.74) is 8.23. The Morgan fingerprint density at radius 2 is 2.00 bits per heavy atom. The predicted octanol–water partition coefficient (Wildman–Crippen LogP) is 3.82. The molecule has 0 bridgehead atoms. The van der Waals surface area contributed by atoms with E-state index in [0.717, 1.165) is 23.3 Å². The molecule has 1 atom stereocenters. The van der Waals surface area contributed by atoms with Crippen LogP contribution in [0, 0.1) is 0 Å². The molecule has 0 saturated carbocycles. The minimum absolute atomic E-state index is 0.314. The van der Waals surface area contributed by atoms with Crippen LogP contribution >= 0.6 is 23.2 Å². The summed E-state index contributed by atoms with van der Waals surface area (Å²) < 4.78 is 18.2. The standard InChI is InChI=1S/C15H13Cl2NO2S/c16-11-1-2-14(13(18)7-11)21(19)8-10-6-12(17)5-9-3-4-20-15(9)10/h1-2,5-7H,3-4,8,18H2. The van der Waals surface area contributed by atoms with Gasteiger partial charge in [-0.2, -0.15) is 0 Å². The van der Waals surface area contributed by atoms with E-state index in [0.29, 0.717) is 33.0 Å². The van der Waals surface area contributed by atoms with Crippen LogP contribution < -0.4 is 10.5 Å². The maximum absolute atomic E-state index is 12.5. The quantitative estimate of drug-likeness (QED) is 0.863. The Kier molecular flexibility index (Phi) is 4.11. The number of rotatable bonds is 3. The van der Waals surface area contributed by atoms with Crippen molar-refractivity contribution in [1.82, 2.24) is 0 Å². The highest BCUT2D eigenvalue weighted by Gasteiger charge is 2.20. The van der Waals surface area contributed by atoms with Crippen molar-refractivity contribution in [2.45, 2.75) is 17.1 Å². The number of hydrogen-bond acceptors (Lipinski definition) is 3. The molecule has 6 heteroatoms. The van der Waals surface area contributed by atoms with Crippen molar-refractivity contribution < 1.29 is 8.95 Å². The molecule has 0 spiro atoms. The third-order valence-corrected chi connectivity index (χ3v) is 5.22. The molecule has 0 fully saturated rings. The van der Waals surface area contributed by atoms with Crippen molar-refractivity contribution in [1.29, 1.82) is 0 Å². The van der Waals surface area contributed by atoms with Gasteiger partial charge in [0.2, 0.25) is 0 Å². The molecule has 2 aromatic rings. The Morgan fingerprint density at radius 3 is 2.76 bits per heavy atom. The molecule has 2 N–H and O–H groups in total. The molecule has 0 aromatic heterocycles. The summed E-state index contributed by atoms with van der Waals surface area (Å²) in [5.74, 6) is 1.12. The van der Waals surface area contributed by atoms with Gasteiger partial charge in [0, 0.05) is 27.7 Å². The fraction of sp³-hybridized carbons (Fsp3) is 0.200. The zero-order valence-electron chi connectivity index (χ0n) is 11.1. The number of nitrogens with two attached hydrogens (primary N) is 1. The second-order valence-corrected chi connectivity index (χ2v) is 7.12. The van der Waals surface area contributed by atoms with Crippen LogP contribution in [0.15, 0.2) is 35.2 Å². The van der Waals surface area contributed by atoms with Crippen LogP contribution in [0.25, 0.3) is 0 Å². The van der Waals surface area contributed by atoms with Crippen molar-refractivity contribution in [2.75, 3.05) is 12.3 Å². The van der Waals surface area contributed by atoms with E-state index in [1.165, 1.54) is 0 Å². The van der Waals surface area contributed by atoms with Crippen molar-refractivity contribution in [3.8, 4) is 5.75 Å². The van der Waals surface area contributed by atoms with Gasteiger partial charge in [0.15, 0.2) is 0 Å². The third-order valence-electron chi connectivity index (χ3n) is 3.33. The van der Waals surface area contributed by atoms with Gasteiger partial charge in [0.25, 0.3) is 0 Å². The first-order chi connectivity index (χ1) is 10.0. The molecule has 0 saturated heterocycles. The molecule has 1 aliphatic rings. The van der Waals surface area contributed by atoms with Crippen LogP contribution in [0.2, 0.25) is 10.0 Å². The number of hydrogen-bond donors (Lipinski definition) is 1. The number of anilines is 1. The molecule has 0 radical (unpaired) electrons. The normalized spacial score (nSPS) is 14.6. The van der Waals surface area contributed by atoms with Gasteiger partial charge in [-0.3, -0.25) is 4.21 Å². The number of benzene rings is 2. The first-order valence-electron chi connectivity index (χ1n) is 6.42. The van der Waals surface area contributed by atoms with Gasteiger partial charge in [-0.25, -0.2) is 0 Å². The van der Waals surface area contributed by atoms with Gasteiger partial charge in [-0.1, -0.05) is 23.2 Å². The summed E-state index contributed by atoms with van der Waals surface area (Å²) in [7, 11) is -1.28. The van der Waals surface area contributed by atoms with Crippen molar-refractivity contribution >= 4 is 39.7 Å². The van der Waals surface area contributed by atoms with E-state index < -0.39 is 10.8 Å². The molecule has 0 amide bonds. The summed E-state index contributed by atoms with van der Waals surface area (Å²) >= 11 is 12.0. The second-order valence-electron chi connectivity index (χ2n) is 4.82. The summed E-state index contributed by atoms with van der Waals surface area (Å²) in [6.07, 6.45) is 0.832. The van der Waals surface area contributed by atoms with Gasteiger partial charge in [0.1, 0.15) is 5.75 Å². The predicted molar refractivity (Wildman–Crippen MR) is 86.6 cm³/mol. The molecule has 21 heavy (non-hydrogen) atoms.